The van der Waals surface area contributed by atoms with Crippen LogP contribution in [-0.2, 0) is 4.74 Å². The predicted octanol–water partition coefficient (Wildman–Crippen LogP) is 1.79. The Hall–Kier alpha value is -1.72. The van der Waals surface area contributed by atoms with Gasteiger partial charge in [-0.1, -0.05) is 24.3 Å². The predicted molar refractivity (Wildman–Crippen MR) is 87.1 cm³/mol. The number of benzene rings is 1. The van der Waals surface area contributed by atoms with Crippen LogP contribution in [-0.4, -0.2) is 61.0 Å². The molecule has 4 rings (SSSR count). The molecule has 3 heterocycles. The van der Waals surface area contributed by atoms with Gasteiger partial charge in [-0.15, -0.1) is 5.10 Å². The average Bonchev–Trinajstić information content (AvgIpc) is 3.08. The zero-order valence-corrected chi connectivity index (χ0v) is 12.8. The molecule has 22 heavy (non-hydrogen) atoms. The van der Waals surface area contributed by atoms with E-state index >= 15 is 0 Å². The lowest BCUT2D eigenvalue weighted by Crippen LogP contribution is -2.48. The fourth-order valence-corrected chi connectivity index (χ4v) is 3.48. The third kappa shape index (κ3) is 2.78. The summed E-state index contributed by atoms with van der Waals surface area (Å²) < 4.78 is 5.48. The Bertz CT molecular complexity index is 628. The third-order valence-electron chi connectivity index (χ3n) is 4.76. The standard InChI is InChI=1S/C17H22N4O/c1-2-4-16-15(3-1)11-18-19-17(16)21-8-6-20(7-9-21)12-14-5-10-22-13-14/h1-4,11,14H,5-10,12-13H2/t14-/m1/s1. The van der Waals surface area contributed by atoms with E-state index in [9.17, 15) is 0 Å². The Labute approximate surface area is 130 Å². The van der Waals surface area contributed by atoms with Gasteiger partial charge in [-0.2, -0.15) is 5.10 Å². The molecule has 0 spiro atoms. The Morgan fingerprint density at radius 2 is 2.00 bits per heavy atom. The first-order valence-corrected chi connectivity index (χ1v) is 8.15. The first-order chi connectivity index (χ1) is 10.9. The van der Waals surface area contributed by atoms with E-state index in [-0.39, 0.29) is 0 Å². The third-order valence-corrected chi connectivity index (χ3v) is 4.76. The maximum Gasteiger partial charge on any atom is 0.159 e. The Morgan fingerprint density at radius 1 is 1.14 bits per heavy atom. The number of hydrogen-bond acceptors (Lipinski definition) is 5. The molecule has 2 aromatic rings. The van der Waals surface area contributed by atoms with Crippen molar-refractivity contribution < 1.29 is 4.74 Å². The van der Waals surface area contributed by atoms with Crippen LogP contribution in [0.25, 0.3) is 10.8 Å². The normalized spacial score (nSPS) is 23.3. The molecule has 5 heteroatoms. The molecule has 0 bridgehead atoms. The van der Waals surface area contributed by atoms with Crippen LogP contribution in [0.5, 0.6) is 0 Å². The summed E-state index contributed by atoms with van der Waals surface area (Å²) in [4.78, 5) is 4.94. The molecule has 1 aromatic heterocycles. The molecule has 2 aliphatic heterocycles. The number of nitrogens with zero attached hydrogens (tertiary/aromatic N) is 4. The highest BCUT2D eigenvalue weighted by molar-refractivity contribution is 5.91. The molecule has 2 fully saturated rings. The minimum absolute atomic E-state index is 0.726. The van der Waals surface area contributed by atoms with Gasteiger partial charge in [-0.3, -0.25) is 4.90 Å². The maximum absolute atomic E-state index is 5.48. The second kappa shape index (κ2) is 6.18. The van der Waals surface area contributed by atoms with E-state index in [4.69, 9.17) is 4.74 Å². The Balaban J connectivity index is 1.44. The minimum atomic E-state index is 0.726. The van der Waals surface area contributed by atoms with Gasteiger partial charge >= 0.3 is 0 Å². The maximum atomic E-state index is 5.48. The summed E-state index contributed by atoms with van der Waals surface area (Å²) >= 11 is 0. The molecular formula is C17H22N4O. The van der Waals surface area contributed by atoms with E-state index in [1.54, 1.807) is 0 Å². The minimum Gasteiger partial charge on any atom is -0.381 e. The molecule has 0 aliphatic carbocycles. The van der Waals surface area contributed by atoms with Crippen LogP contribution in [0.4, 0.5) is 5.82 Å². The second-order valence-electron chi connectivity index (χ2n) is 6.27. The lowest BCUT2D eigenvalue weighted by atomic mass is 10.1. The van der Waals surface area contributed by atoms with Crippen molar-refractivity contribution in [3.05, 3.63) is 30.5 Å². The second-order valence-corrected chi connectivity index (χ2v) is 6.27. The highest BCUT2D eigenvalue weighted by Crippen LogP contribution is 2.24. The Kier molecular flexibility index (Phi) is 3.91. The van der Waals surface area contributed by atoms with E-state index in [0.29, 0.717) is 0 Å². The van der Waals surface area contributed by atoms with Crippen molar-refractivity contribution in [1.82, 2.24) is 15.1 Å². The smallest absolute Gasteiger partial charge is 0.159 e. The Morgan fingerprint density at radius 3 is 2.82 bits per heavy atom. The van der Waals surface area contributed by atoms with Gasteiger partial charge in [0.15, 0.2) is 5.82 Å². The van der Waals surface area contributed by atoms with Crippen LogP contribution >= 0.6 is 0 Å². The molecule has 0 radical (unpaired) electrons. The zero-order valence-electron chi connectivity index (χ0n) is 12.8. The quantitative estimate of drug-likeness (QED) is 0.864. The van der Waals surface area contributed by atoms with Crippen LogP contribution in [0, 0.1) is 5.92 Å². The van der Waals surface area contributed by atoms with Crippen molar-refractivity contribution in [1.29, 1.82) is 0 Å². The number of fused-ring (bicyclic) bond motifs is 1. The summed E-state index contributed by atoms with van der Waals surface area (Å²) in [5.41, 5.74) is 0. The summed E-state index contributed by atoms with van der Waals surface area (Å²) in [6, 6.07) is 8.37. The SMILES string of the molecule is c1ccc2c(N3CCN(C[C@H]4CCOC4)CC3)nncc2c1. The number of anilines is 1. The molecule has 0 N–H and O–H groups in total. The largest absolute Gasteiger partial charge is 0.381 e. The van der Waals surface area contributed by atoms with Crippen molar-refractivity contribution in [2.45, 2.75) is 6.42 Å². The molecule has 5 nitrogen and oxygen atoms in total. The van der Waals surface area contributed by atoms with Gasteiger partial charge in [0.1, 0.15) is 0 Å². The van der Waals surface area contributed by atoms with E-state index in [1.807, 2.05) is 6.20 Å². The van der Waals surface area contributed by atoms with E-state index in [2.05, 4.69) is 44.3 Å². The van der Waals surface area contributed by atoms with Gasteiger partial charge in [-0.25, -0.2) is 0 Å². The summed E-state index contributed by atoms with van der Waals surface area (Å²) in [5, 5.41) is 10.9. The summed E-state index contributed by atoms with van der Waals surface area (Å²) in [5.74, 6) is 1.76. The average molecular weight is 298 g/mol. The molecule has 1 aromatic carbocycles. The summed E-state index contributed by atoms with van der Waals surface area (Å²) in [6.45, 7) is 7.30. The summed E-state index contributed by atoms with van der Waals surface area (Å²) in [7, 11) is 0. The van der Waals surface area contributed by atoms with Crippen LogP contribution in [0.1, 0.15) is 6.42 Å². The first-order valence-electron chi connectivity index (χ1n) is 8.15. The van der Waals surface area contributed by atoms with Crippen LogP contribution in [0.3, 0.4) is 0 Å². The fraction of sp³-hybridized carbons (Fsp3) is 0.529. The molecule has 2 saturated heterocycles. The highest BCUT2D eigenvalue weighted by Gasteiger charge is 2.24. The molecule has 0 unspecified atom stereocenters. The zero-order chi connectivity index (χ0) is 14.8. The number of ether oxygens (including phenoxy) is 1. The number of piperazine rings is 1. The van der Waals surface area contributed by atoms with Gasteiger partial charge in [0.2, 0.25) is 0 Å². The van der Waals surface area contributed by atoms with Gasteiger partial charge in [0.25, 0.3) is 0 Å². The molecule has 1 atom stereocenters. The summed E-state index contributed by atoms with van der Waals surface area (Å²) in [6.07, 6.45) is 3.06. The number of aromatic nitrogens is 2. The van der Waals surface area contributed by atoms with Crippen molar-refractivity contribution in [3.8, 4) is 0 Å². The molecule has 116 valence electrons. The monoisotopic (exact) mass is 298 g/mol. The first kappa shape index (κ1) is 13.9. The molecule has 2 aliphatic rings. The number of rotatable bonds is 3. The van der Waals surface area contributed by atoms with Crippen molar-refractivity contribution >= 4 is 16.6 Å². The lowest BCUT2D eigenvalue weighted by Gasteiger charge is -2.36. The van der Waals surface area contributed by atoms with E-state index in [0.717, 1.165) is 56.5 Å². The van der Waals surface area contributed by atoms with Crippen molar-refractivity contribution in [2.75, 3.05) is 50.8 Å². The van der Waals surface area contributed by atoms with Gasteiger partial charge in [0.05, 0.1) is 12.8 Å². The highest BCUT2D eigenvalue weighted by atomic mass is 16.5. The molecular weight excluding hydrogens is 276 g/mol. The van der Waals surface area contributed by atoms with Crippen LogP contribution < -0.4 is 4.90 Å². The van der Waals surface area contributed by atoms with Gasteiger partial charge in [-0.05, 0) is 12.3 Å². The topological polar surface area (TPSA) is 41.5 Å². The lowest BCUT2D eigenvalue weighted by molar-refractivity contribution is 0.164. The fourth-order valence-electron chi connectivity index (χ4n) is 3.48. The number of hydrogen-bond donors (Lipinski definition) is 0. The van der Waals surface area contributed by atoms with Crippen LogP contribution in [0.2, 0.25) is 0 Å². The van der Waals surface area contributed by atoms with Gasteiger partial charge in [0, 0.05) is 50.1 Å². The van der Waals surface area contributed by atoms with E-state index < -0.39 is 0 Å². The van der Waals surface area contributed by atoms with Gasteiger partial charge < -0.3 is 9.64 Å². The van der Waals surface area contributed by atoms with Crippen LogP contribution in [0.15, 0.2) is 30.5 Å². The van der Waals surface area contributed by atoms with Crippen molar-refractivity contribution in [2.24, 2.45) is 5.92 Å². The van der Waals surface area contributed by atoms with E-state index in [1.165, 1.54) is 18.4 Å². The van der Waals surface area contributed by atoms with Crippen molar-refractivity contribution in [3.63, 3.8) is 0 Å². The molecule has 0 amide bonds. The molecule has 0 saturated carbocycles.